The molecule has 0 saturated heterocycles. The fraction of sp³-hybridized carbons (Fsp3) is 0.200. The molecule has 0 aliphatic heterocycles. The van der Waals surface area contributed by atoms with E-state index in [1.807, 2.05) is 18.4 Å². The Kier molecular flexibility index (Phi) is 4.44. The Labute approximate surface area is 92.9 Å². The van der Waals surface area contributed by atoms with E-state index >= 15 is 0 Å². The van der Waals surface area contributed by atoms with Gasteiger partial charge in [-0.1, -0.05) is 12.1 Å². The van der Waals surface area contributed by atoms with Gasteiger partial charge in [0, 0.05) is 0 Å². The van der Waals surface area contributed by atoms with Gasteiger partial charge in [-0.05, 0) is 36.2 Å². The van der Waals surface area contributed by atoms with E-state index in [4.69, 9.17) is 22.2 Å². The van der Waals surface area contributed by atoms with E-state index in [9.17, 15) is 0 Å². The summed E-state index contributed by atoms with van der Waals surface area (Å²) in [5.41, 5.74) is 1.69. The average molecular weight is 225 g/mol. The van der Waals surface area contributed by atoms with Crippen molar-refractivity contribution in [3.8, 4) is 6.07 Å². The fourth-order valence-corrected chi connectivity index (χ4v) is 1.17. The first-order valence-electron chi connectivity index (χ1n) is 4.10. The second kappa shape index (κ2) is 5.63. The highest BCUT2D eigenvalue weighted by Crippen LogP contribution is 2.07. The van der Waals surface area contributed by atoms with E-state index in [-0.39, 0.29) is 0 Å². The summed E-state index contributed by atoms with van der Waals surface area (Å²) in [5, 5.41) is 8.58. The van der Waals surface area contributed by atoms with Crippen LogP contribution in [0.5, 0.6) is 0 Å². The van der Waals surface area contributed by atoms with Crippen LogP contribution in [-0.4, -0.2) is 10.6 Å². The van der Waals surface area contributed by atoms with Crippen molar-refractivity contribution in [3.05, 3.63) is 35.4 Å². The molecule has 0 bridgehead atoms. The van der Waals surface area contributed by atoms with E-state index in [0.29, 0.717) is 28.3 Å². The van der Waals surface area contributed by atoms with Crippen molar-refractivity contribution in [1.29, 1.82) is 5.26 Å². The lowest BCUT2D eigenvalue weighted by Gasteiger charge is -2.05. The fourth-order valence-electron chi connectivity index (χ4n) is 0.897. The Morgan fingerprint density at radius 3 is 2.64 bits per heavy atom. The second-order valence-corrected chi connectivity index (χ2v) is 4.32. The molecule has 1 aromatic carbocycles. The zero-order valence-electron chi connectivity index (χ0n) is 7.78. The standard InChI is InChI=1S/C10H11NOS2/c1-14-10(13)12-7-9-4-2-8(6-11)3-5-9/h2-5H,7,14H2,1H3. The zero-order valence-corrected chi connectivity index (χ0v) is 9.60. The summed E-state index contributed by atoms with van der Waals surface area (Å²) < 4.78 is 5.96. The van der Waals surface area contributed by atoms with Crippen LogP contribution in [0.25, 0.3) is 0 Å². The quantitative estimate of drug-likeness (QED) is 0.723. The minimum absolute atomic E-state index is 0.491. The molecule has 0 saturated carbocycles. The summed E-state index contributed by atoms with van der Waals surface area (Å²) in [6.07, 6.45) is 1.99. The third-order valence-electron chi connectivity index (χ3n) is 1.66. The van der Waals surface area contributed by atoms with Gasteiger partial charge in [0.15, 0.2) is 4.38 Å². The molecule has 1 aromatic rings. The van der Waals surface area contributed by atoms with Crippen LogP contribution in [0, 0.1) is 11.3 Å². The van der Waals surface area contributed by atoms with E-state index in [1.54, 1.807) is 12.1 Å². The summed E-state index contributed by atoms with van der Waals surface area (Å²) in [4.78, 5) is 0. The van der Waals surface area contributed by atoms with E-state index < -0.39 is 0 Å². The Balaban J connectivity index is 2.53. The lowest BCUT2D eigenvalue weighted by atomic mass is 10.2. The molecule has 0 heterocycles. The molecular weight excluding hydrogens is 214 g/mol. The van der Waals surface area contributed by atoms with Crippen molar-refractivity contribution in [2.45, 2.75) is 6.61 Å². The Morgan fingerprint density at radius 1 is 1.50 bits per heavy atom. The Hall–Kier alpha value is -1.05. The summed E-state index contributed by atoms with van der Waals surface area (Å²) in [6, 6.07) is 9.36. The largest absolute Gasteiger partial charge is 0.475 e. The van der Waals surface area contributed by atoms with Crippen molar-refractivity contribution < 1.29 is 4.74 Å². The van der Waals surface area contributed by atoms with Crippen LogP contribution in [-0.2, 0) is 11.3 Å². The van der Waals surface area contributed by atoms with E-state index in [1.165, 1.54) is 0 Å². The van der Waals surface area contributed by atoms with Crippen LogP contribution in [0.4, 0.5) is 0 Å². The predicted octanol–water partition coefficient (Wildman–Crippen LogP) is 2.19. The van der Waals surface area contributed by atoms with E-state index in [2.05, 4.69) is 6.07 Å². The number of benzene rings is 1. The van der Waals surface area contributed by atoms with E-state index in [0.717, 1.165) is 5.56 Å². The highest BCUT2D eigenvalue weighted by Gasteiger charge is 1.96. The minimum Gasteiger partial charge on any atom is -0.475 e. The van der Waals surface area contributed by atoms with Gasteiger partial charge in [0.1, 0.15) is 6.61 Å². The summed E-state index contributed by atoms with van der Waals surface area (Å²) in [5.74, 6) is 0. The molecule has 1 rings (SSSR count). The van der Waals surface area contributed by atoms with Crippen LogP contribution >= 0.6 is 24.0 Å². The topological polar surface area (TPSA) is 33.0 Å². The number of hydrogen-bond acceptors (Lipinski definition) is 3. The second-order valence-electron chi connectivity index (χ2n) is 2.63. The van der Waals surface area contributed by atoms with Crippen molar-refractivity contribution in [2.75, 3.05) is 6.26 Å². The molecule has 4 heteroatoms. The van der Waals surface area contributed by atoms with Crippen molar-refractivity contribution >= 4 is 28.4 Å². The monoisotopic (exact) mass is 225 g/mol. The first-order chi connectivity index (χ1) is 6.76. The smallest absolute Gasteiger partial charge is 0.197 e. The highest BCUT2D eigenvalue weighted by atomic mass is 32.2. The average Bonchev–Trinajstić information content (AvgIpc) is 2.26. The van der Waals surface area contributed by atoms with Gasteiger partial charge >= 0.3 is 0 Å². The van der Waals surface area contributed by atoms with Crippen LogP contribution in [0.3, 0.4) is 0 Å². The van der Waals surface area contributed by atoms with Crippen LogP contribution in [0.15, 0.2) is 24.3 Å². The van der Waals surface area contributed by atoms with Crippen LogP contribution < -0.4 is 0 Å². The molecule has 0 spiro atoms. The van der Waals surface area contributed by atoms with Gasteiger partial charge in [0.25, 0.3) is 0 Å². The third kappa shape index (κ3) is 3.36. The first-order valence-corrected chi connectivity index (χ1v) is 6.00. The summed E-state index contributed by atoms with van der Waals surface area (Å²) in [6.45, 7) is 0.491. The normalized spacial score (nSPS) is 10.6. The highest BCUT2D eigenvalue weighted by molar-refractivity contribution is 8.22. The molecule has 0 fully saturated rings. The summed E-state index contributed by atoms with van der Waals surface area (Å²) >= 11 is 5.48. The molecule has 14 heavy (non-hydrogen) atoms. The lowest BCUT2D eigenvalue weighted by molar-refractivity contribution is 0.310. The molecule has 0 radical (unpaired) electrons. The molecule has 0 unspecified atom stereocenters. The number of nitriles is 1. The van der Waals surface area contributed by atoms with Gasteiger partial charge < -0.3 is 4.74 Å². The molecule has 0 aromatic heterocycles. The van der Waals surface area contributed by atoms with Gasteiger partial charge in [0.05, 0.1) is 11.6 Å². The maximum Gasteiger partial charge on any atom is 0.197 e. The van der Waals surface area contributed by atoms with Crippen LogP contribution in [0.2, 0.25) is 0 Å². The van der Waals surface area contributed by atoms with Crippen molar-refractivity contribution in [3.63, 3.8) is 0 Å². The maximum atomic E-state index is 8.58. The molecule has 0 N–H and O–H groups in total. The number of thiocarbonyl (C=S) groups is 1. The minimum atomic E-state index is 0.491. The molecule has 0 aliphatic carbocycles. The van der Waals surface area contributed by atoms with Crippen molar-refractivity contribution in [2.24, 2.45) is 0 Å². The maximum absolute atomic E-state index is 8.58. The number of rotatable bonds is 2. The zero-order chi connectivity index (χ0) is 10.4. The Bertz CT molecular complexity index is 353. The number of ether oxygens (including phenoxy) is 1. The third-order valence-corrected chi connectivity index (χ3v) is 2.94. The molecule has 0 atom stereocenters. The molecule has 74 valence electrons. The number of nitrogens with zero attached hydrogens (tertiary/aromatic N) is 1. The van der Waals surface area contributed by atoms with Gasteiger partial charge in [-0.25, -0.2) is 0 Å². The molecule has 0 amide bonds. The van der Waals surface area contributed by atoms with Crippen molar-refractivity contribution in [1.82, 2.24) is 0 Å². The molecule has 0 aliphatic rings. The Morgan fingerprint density at radius 2 is 2.14 bits per heavy atom. The van der Waals surface area contributed by atoms with Gasteiger partial charge in [-0.3, -0.25) is 0 Å². The first kappa shape index (κ1) is 11.0. The molecule has 2 nitrogen and oxygen atoms in total. The van der Waals surface area contributed by atoms with Gasteiger partial charge in [-0.2, -0.15) is 17.0 Å². The number of hydrogen-bond donors (Lipinski definition) is 0. The lowest BCUT2D eigenvalue weighted by Crippen LogP contribution is -1.96. The SMILES string of the molecule is C[SH2]C(=S)OCc1ccc(C#N)cc1. The van der Waals surface area contributed by atoms with Crippen LogP contribution in [0.1, 0.15) is 11.1 Å². The molecular formula is C10H11NOS2. The predicted molar refractivity (Wildman–Crippen MR) is 64.8 cm³/mol. The summed E-state index contributed by atoms with van der Waals surface area (Å²) in [7, 11) is 0. The van der Waals surface area contributed by atoms with Gasteiger partial charge in [-0.15, -0.1) is 0 Å². The van der Waals surface area contributed by atoms with Gasteiger partial charge in [0.2, 0.25) is 0 Å².